The van der Waals surface area contributed by atoms with Gasteiger partial charge in [0.1, 0.15) is 5.75 Å². The predicted octanol–water partition coefficient (Wildman–Crippen LogP) is 1.85. The zero-order chi connectivity index (χ0) is 19.6. The quantitative estimate of drug-likeness (QED) is 0.804. The second kappa shape index (κ2) is 8.39. The molecule has 4 rings (SSSR count). The molecule has 7 nitrogen and oxygen atoms in total. The van der Waals surface area contributed by atoms with Crippen LogP contribution in [-0.2, 0) is 26.0 Å². The summed E-state index contributed by atoms with van der Waals surface area (Å²) < 4.78 is 38.9. The van der Waals surface area contributed by atoms with Crippen molar-refractivity contribution >= 4 is 15.9 Å². The zero-order valence-corrected chi connectivity index (χ0v) is 16.9. The third-order valence-electron chi connectivity index (χ3n) is 5.73. The molecule has 3 aliphatic heterocycles. The van der Waals surface area contributed by atoms with Crippen molar-refractivity contribution in [2.45, 2.75) is 62.0 Å². The summed E-state index contributed by atoms with van der Waals surface area (Å²) in [6, 6.07) is 4.93. The number of hydrogen-bond acceptors (Lipinski definition) is 5. The summed E-state index contributed by atoms with van der Waals surface area (Å²) >= 11 is 0. The van der Waals surface area contributed by atoms with Crippen LogP contribution in [0.15, 0.2) is 23.1 Å². The largest absolute Gasteiger partial charge is 0.480 e. The molecule has 0 aromatic heterocycles. The Labute approximate surface area is 166 Å². The van der Waals surface area contributed by atoms with Crippen molar-refractivity contribution in [3.8, 4) is 5.75 Å². The first-order valence-electron chi connectivity index (χ1n) is 10.2. The van der Waals surface area contributed by atoms with E-state index in [1.165, 1.54) is 0 Å². The fourth-order valence-corrected chi connectivity index (χ4v) is 5.66. The van der Waals surface area contributed by atoms with Gasteiger partial charge in [-0.25, -0.2) is 8.42 Å². The van der Waals surface area contributed by atoms with Gasteiger partial charge in [-0.05, 0) is 49.4 Å². The number of carbonyl (C=O) groups is 1. The minimum absolute atomic E-state index is 0.0816. The van der Waals surface area contributed by atoms with E-state index in [-0.39, 0.29) is 16.9 Å². The van der Waals surface area contributed by atoms with Crippen LogP contribution in [0, 0.1) is 0 Å². The van der Waals surface area contributed by atoms with Gasteiger partial charge in [0.05, 0.1) is 11.0 Å². The summed E-state index contributed by atoms with van der Waals surface area (Å²) in [7, 11) is -3.51. The number of sulfonamides is 1. The third-order valence-corrected chi connectivity index (χ3v) is 7.62. The summed E-state index contributed by atoms with van der Waals surface area (Å²) in [5.74, 6) is 0.413. The molecule has 0 bridgehead atoms. The van der Waals surface area contributed by atoms with Gasteiger partial charge in [0.15, 0.2) is 6.10 Å². The molecule has 2 atom stereocenters. The van der Waals surface area contributed by atoms with Crippen molar-refractivity contribution in [3.63, 3.8) is 0 Å². The Morgan fingerprint density at radius 3 is 2.64 bits per heavy atom. The van der Waals surface area contributed by atoms with Gasteiger partial charge in [-0.15, -0.1) is 0 Å². The molecule has 0 spiro atoms. The van der Waals surface area contributed by atoms with Gasteiger partial charge < -0.3 is 14.8 Å². The number of nitrogens with zero attached hydrogens (tertiary/aromatic N) is 1. The van der Waals surface area contributed by atoms with E-state index in [2.05, 4.69) is 5.32 Å². The maximum atomic E-state index is 13.0. The highest BCUT2D eigenvalue weighted by Gasteiger charge is 2.32. The Kier molecular flexibility index (Phi) is 5.89. The van der Waals surface area contributed by atoms with E-state index in [1.807, 2.05) is 0 Å². The molecule has 2 unspecified atom stereocenters. The van der Waals surface area contributed by atoms with Crippen LogP contribution >= 0.6 is 0 Å². The van der Waals surface area contributed by atoms with E-state index in [4.69, 9.17) is 9.47 Å². The van der Waals surface area contributed by atoms with E-state index in [0.717, 1.165) is 50.7 Å². The first kappa shape index (κ1) is 19.7. The van der Waals surface area contributed by atoms with Gasteiger partial charge in [0.2, 0.25) is 10.0 Å². The van der Waals surface area contributed by atoms with Crippen molar-refractivity contribution < 1.29 is 22.7 Å². The summed E-state index contributed by atoms with van der Waals surface area (Å²) in [4.78, 5) is 12.7. The lowest BCUT2D eigenvalue weighted by Crippen LogP contribution is -2.40. The maximum absolute atomic E-state index is 13.0. The van der Waals surface area contributed by atoms with Crippen molar-refractivity contribution in [3.05, 3.63) is 23.8 Å². The topological polar surface area (TPSA) is 84.9 Å². The lowest BCUT2D eigenvalue weighted by atomic mass is 10.1. The van der Waals surface area contributed by atoms with Crippen molar-refractivity contribution in [1.82, 2.24) is 9.62 Å². The van der Waals surface area contributed by atoms with E-state index < -0.39 is 16.1 Å². The second-order valence-electron chi connectivity index (χ2n) is 7.78. The van der Waals surface area contributed by atoms with E-state index >= 15 is 0 Å². The summed E-state index contributed by atoms with van der Waals surface area (Å²) in [6.07, 6.45) is 5.80. The molecule has 0 saturated carbocycles. The van der Waals surface area contributed by atoms with Crippen LogP contribution in [-0.4, -0.2) is 57.1 Å². The highest BCUT2D eigenvalue weighted by molar-refractivity contribution is 7.89. The highest BCUT2D eigenvalue weighted by atomic mass is 32.2. The molecular weight excluding hydrogens is 380 g/mol. The predicted molar refractivity (Wildman–Crippen MR) is 104 cm³/mol. The van der Waals surface area contributed by atoms with E-state index in [9.17, 15) is 13.2 Å². The Hall–Kier alpha value is -1.64. The molecule has 1 N–H and O–H groups in total. The standard InChI is InChI=1S/C20H28N2O5S/c23-20(21-14-16-6-5-11-26-16)19-13-15-12-17(7-8-18(15)27-19)28(24,25)22-9-3-1-2-4-10-22/h7-8,12,16,19H,1-6,9-11,13-14H2,(H,21,23). The molecule has 3 aliphatic rings. The van der Waals surface area contributed by atoms with Crippen molar-refractivity contribution in [2.75, 3.05) is 26.2 Å². The molecule has 0 aliphatic carbocycles. The number of benzene rings is 1. The second-order valence-corrected chi connectivity index (χ2v) is 9.72. The molecule has 8 heteroatoms. The van der Waals surface area contributed by atoms with Crippen LogP contribution in [0.4, 0.5) is 0 Å². The Morgan fingerprint density at radius 1 is 1.14 bits per heavy atom. The van der Waals surface area contributed by atoms with Crippen LogP contribution in [0.25, 0.3) is 0 Å². The molecule has 0 radical (unpaired) electrons. The van der Waals surface area contributed by atoms with E-state index in [1.54, 1.807) is 22.5 Å². The highest BCUT2D eigenvalue weighted by Crippen LogP contribution is 2.32. The Morgan fingerprint density at radius 2 is 1.93 bits per heavy atom. The smallest absolute Gasteiger partial charge is 0.261 e. The lowest BCUT2D eigenvalue weighted by Gasteiger charge is -2.20. The number of hydrogen-bond donors (Lipinski definition) is 1. The van der Waals surface area contributed by atoms with Gasteiger partial charge in [-0.1, -0.05) is 12.8 Å². The molecule has 1 aromatic rings. The van der Waals surface area contributed by atoms with Gasteiger partial charge >= 0.3 is 0 Å². The fourth-order valence-electron chi connectivity index (χ4n) is 4.10. The Balaban J connectivity index is 1.41. The van der Waals surface area contributed by atoms with Crippen LogP contribution in [0.2, 0.25) is 0 Å². The normalized spacial score (nSPS) is 25.7. The third kappa shape index (κ3) is 4.18. The number of fused-ring (bicyclic) bond motifs is 1. The van der Waals surface area contributed by atoms with Crippen LogP contribution in [0.1, 0.15) is 44.1 Å². The fraction of sp³-hybridized carbons (Fsp3) is 0.650. The molecule has 28 heavy (non-hydrogen) atoms. The minimum Gasteiger partial charge on any atom is -0.480 e. The minimum atomic E-state index is -3.51. The number of amides is 1. The number of nitrogens with one attached hydrogen (secondary N) is 1. The SMILES string of the molecule is O=C(NCC1CCCO1)C1Cc2cc(S(=O)(=O)N3CCCCCC3)ccc2O1. The molecule has 1 amide bonds. The average molecular weight is 409 g/mol. The van der Waals surface area contributed by atoms with Gasteiger partial charge in [0, 0.05) is 32.7 Å². The molecule has 2 saturated heterocycles. The van der Waals surface area contributed by atoms with Crippen LogP contribution in [0.5, 0.6) is 5.75 Å². The summed E-state index contributed by atoms with van der Waals surface area (Å²) in [6.45, 7) is 2.39. The number of ether oxygens (including phenoxy) is 2. The molecule has 1 aromatic carbocycles. The summed E-state index contributed by atoms with van der Waals surface area (Å²) in [5, 5.41) is 2.89. The monoisotopic (exact) mass is 408 g/mol. The zero-order valence-electron chi connectivity index (χ0n) is 16.1. The van der Waals surface area contributed by atoms with Gasteiger partial charge in [-0.2, -0.15) is 4.31 Å². The van der Waals surface area contributed by atoms with E-state index in [0.29, 0.717) is 31.8 Å². The molecular formula is C20H28N2O5S. The average Bonchev–Trinajstić information content (AvgIpc) is 3.28. The first-order chi connectivity index (χ1) is 13.5. The van der Waals surface area contributed by atoms with Gasteiger partial charge in [-0.3, -0.25) is 4.79 Å². The van der Waals surface area contributed by atoms with Gasteiger partial charge in [0.25, 0.3) is 5.91 Å². The Bertz CT molecular complexity index is 812. The number of rotatable bonds is 5. The lowest BCUT2D eigenvalue weighted by molar-refractivity contribution is -0.127. The summed E-state index contributed by atoms with van der Waals surface area (Å²) in [5.41, 5.74) is 0.771. The van der Waals surface area contributed by atoms with Crippen LogP contribution < -0.4 is 10.1 Å². The van der Waals surface area contributed by atoms with Crippen LogP contribution in [0.3, 0.4) is 0 Å². The maximum Gasteiger partial charge on any atom is 0.261 e. The molecule has 154 valence electrons. The number of carbonyl (C=O) groups excluding carboxylic acids is 1. The molecule has 3 heterocycles. The molecule has 2 fully saturated rings. The van der Waals surface area contributed by atoms with Crippen molar-refractivity contribution in [2.24, 2.45) is 0 Å². The van der Waals surface area contributed by atoms with Crippen molar-refractivity contribution in [1.29, 1.82) is 0 Å². The first-order valence-corrected chi connectivity index (χ1v) is 11.7.